The largest absolute Gasteiger partial charge is 0.506 e. The molecular formula is C11H8N2O5. The summed E-state index contributed by atoms with van der Waals surface area (Å²) in [6, 6.07) is 3.59. The van der Waals surface area contributed by atoms with Crippen molar-refractivity contribution in [2.75, 3.05) is 0 Å². The lowest BCUT2D eigenvalue weighted by molar-refractivity contribution is -0.384. The Morgan fingerprint density at radius 1 is 1.44 bits per heavy atom. The van der Waals surface area contributed by atoms with E-state index in [0.29, 0.717) is 0 Å². The zero-order valence-corrected chi connectivity index (χ0v) is 9.26. The van der Waals surface area contributed by atoms with Crippen molar-refractivity contribution in [2.24, 2.45) is 0 Å². The monoisotopic (exact) mass is 248 g/mol. The van der Waals surface area contributed by atoms with Crippen LogP contribution in [0, 0.1) is 10.1 Å². The SMILES string of the molecule is CC(=O)c1c(O)c2ccc([N+](=O)[O-])cc2[nH]c1=O. The molecule has 0 fully saturated rings. The Balaban J connectivity index is 2.86. The van der Waals surface area contributed by atoms with Crippen molar-refractivity contribution in [2.45, 2.75) is 6.92 Å². The first-order valence-electron chi connectivity index (χ1n) is 4.96. The molecule has 0 aliphatic rings. The average molecular weight is 248 g/mol. The number of rotatable bonds is 2. The van der Waals surface area contributed by atoms with Crippen LogP contribution in [-0.2, 0) is 0 Å². The fourth-order valence-electron chi connectivity index (χ4n) is 1.71. The molecule has 92 valence electrons. The third kappa shape index (κ3) is 1.71. The number of carbonyl (C=O) groups is 1. The summed E-state index contributed by atoms with van der Waals surface area (Å²) >= 11 is 0. The molecule has 0 radical (unpaired) electrons. The van der Waals surface area contributed by atoms with Gasteiger partial charge in [-0.2, -0.15) is 0 Å². The molecule has 0 unspecified atom stereocenters. The van der Waals surface area contributed by atoms with Crippen molar-refractivity contribution in [1.29, 1.82) is 0 Å². The molecule has 2 aromatic rings. The summed E-state index contributed by atoms with van der Waals surface area (Å²) in [5.74, 6) is -1.04. The van der Waals surface area contributed by atoms with E-state index in [1.165, 1.54) is 12.1 Å². The summed E-state index contributed by atoms with van der Waals surface area (Å²) in [6.07, 6.45) is 0. The number of H-pyrrole nitrogens is 1. The number of aromatic nitrogens is 1. The highest BCUT2D eigenvalue weighted by Gasteiger charge is 2.17. The zero-order valence-electron chi connectivity index (χ0n) is 9.26. The van der Waals surface area contributed by atoms with Crippen molar-refractivity contribution in [3.63, 3.8) is 0 Å². The lowest BCUT2D eigenvalue weighted by atomic mass is 10.1. The number of aromatic hydroxyl groups is 1. The molecule has 2 N–H and O–H groups in total. The minimum absolute atomic E-state index is 0.108. The van der Waals surface area contributed by atoms with Gasteiger partial charge in [-0.15, -0.1) is 0 Å². The maximum Gasteiger partial charge on any atom is 0.271 e. The number of nitrogens with one attached hydrogen (secondary N) is 1. The quantitative estimate of drug-likeness (QED) is 0.473. The van der Waals surface area contributed by atoms with Gasteiger partial charge in [0.25, 0.3) is 11.2 Å². The van der Waals surface area contributed by atoms with Crippen molar-refractivity contribution in [3.8, 4) is 5.75 Å². The Kier molecular flexibility index (Phi) is 2.59. The van der Waals surface area contributed by atoms with Gasteiger partial charge in [0.15, 0.2) is 5.78 Å². The fraction of sp³-hybridized carbons (Fsp3) is 0.0909. The van der Waals surface area contributed by atoms with Crippen molar-refractivity contribution in [1.82, 2.24) is 4.98 Å². The van der Waals surface area contributed by atoms with Crippen molar-refractivity contribution >= 4 is 22.4 Å². The van der Waals surface area contributed by atoms with Gasteiger partial charge in [0.1, 0.15) is 11.3 Å². The number of aromatic amines is 1. The molecule has 7 heteroatoms. The molecular weight excluding hydrogens is 240 g/mol. The zero-order chi connectivity index (χ0) is 13.4. The predicted molar refractivity (Wildman–Crippen MR) is 62.9 cm³/mol. The van der Waals surface area contributed by atoms with Crippen molar-refractivity contribution < 1.29 is 14.8 Å². The van der Waals surface area contributed by atoms with Crippen LogP contribution in [0.3, 0.4) is 0 Å². The molecule has 0 saturated carbocycles. The first kappa shape index (κ1) is 11.8. The van der Waals surface area contributed by atoms with E-state index in [4.69, 9.17) is 0 Å². The van der Waals surface area contributed by atoms with Crippen LogP contribution in [0.25, 0.3) is 10.9 Å². The molecule has 2 rings (SSSR count). The third-order valence-corrected chi connectivity index (χ3v) is 2.53. The highest BCUT2D eigenvalue weighted by molar-refractivity contribution is 6.02. The van der Waals surface area contributed by atoms with Crippen LogP contribution in [0.5, 0.6) is 5.75 Å². The standard InChI is InChI=1S/C11H8N2O5/c1-5(14)9-10(15)7-3-2-6(13(17)18)4-8(7)12-11(9)16/h2-4H,1H3,(H2,12,15,16). The van der Waals surface area contributed by atoms with E-state index in [1.807, 2.05) is 0 Å². The summed E-state index contributed by atoms with van der Waals surface area (Å²) in [6.45, 7) is 1.15. The van der Waals surface area contributed by atoms with Gasteiger partial charge in [0.05, 0.1) is 10.4 Å². The highest BCUT2D eigenvalue weighted by Crippen LogP contribution is 2.27. The van der Waals surface area contributed by atoms with E-state index in [9.17, 15) is 24.8 Å². The lowest BCUT2D eigenvalue weighted by Gasteiger charge is -2.04. The number of nitro benzene ring substituents is 1. The van der Waals surface area contributed by atoms with Crippen LogP contribution in [0.2, 0.25) is 0 Å². The molecule has 0 aliphatic heterocycles. The number of hydrogen-bond donors (Lipinski definition) is 2. The van der Waals surface area contributed by atoms with Gasteiger partial charge in [-0.3, -0.25) is 19.7 Å². The summed E-state index contributed by atoms with van der Waals surface area (Å²) < 4.78 is 0. The van der Waals surface area contributed by atoms with Gasteiger partial charge in [0, 0.05) is 17.5 Å². The molecule has 0 amide bonds. The Morgan fingerprint density at radius 3 is 2.67 bits per heavy atom. The topological polar surface area (TPSA) is 113 Å². The van der Waals surface area contributed by atoms with E-state index < -0.39 is 22.0 Å². The third-order valence-electron chi connectivity index (χ3n) is 2.53. The molecule has 0 atom stereocenters. The Hall–Kier alpha value is -2.70. The molecule has 1 aromatic carbocycles. The Bertz CT molecular complexity index is 732. The number of nitrogens with zero attached hydrogens (tertiary/aromatic N) is 1. The van der Waals surface area contributed by atoms with E-state index in [-0.39, 0.29) is 22.2 Å². The molecule has 18 heavy (non-hydrogen) atoms. The fourth-order valence-corrected chi connectivity index (χ4v) is 1.71. The van der Waals surface area contributed by atoms with Gasteiger partial charge in [-0.1, -0.05) is 0 Å². The highest BCUT2D eigenvalue weighted by atomic mass is 16.6. The number of benzene rings is 1. The van der Waals surface area contributed by atoms with Crippen LogP contribution in [0.4, 0.5) is 5.69 Å². The van der Waals surface area contributed by atoms with Gasteiger partial charge in [-0.25, -0.2) is 0 Å². The second kappa shape index (κ2) is 3.95. The number of Topliss-reactive ketones (excluding diaryl/α,β-unsaturated/α-hetero) is 1. The summed E-state index contributed by atoms with van der Waals surface area (Å²) in [4.78, 5) is 35.1. The number of ketones is 1. The summed E-state index contributed by atoms with van der Waals surface area (Å²) in [5, 5.41) is 20.6. The first-order valence-corrected chi connectivity index (χ1v) is 4.96. The van der Waals surface area contributed by atoms with Crippen LogP contribution in [-0.4, -0.2) is 20.8 Å². The Morgan fingerprint density at radius 2 is 2.11 bits per heavy atom. The average Bonchev–Trinajstić information content (AvgIpc) is 2.27. The molecule has 7 nitrogen and oxygen atoms in total. The summed E-state index contributed by atoms with van der Waals surface area (Å²) in [7, 11) is 0. The number of non-ortho nitro benzene ring substituents is 1. The number of nitro groups is 1. The van der Waals surface area contributed by atoms with E-state index in [0.717, 1.165) is 13.0 Å². The van der Waals surface area contributed by atoms with Crippen LogP contribution in [0.1, 0.15) is 17.3 Å². The second-order valence-corrected chi connectivity index (χ2v) is 3.72. The second-order valence-electron chi connectivity index (χ2n) is 3.72. The molecule has 0 aliphatic carbocycles. The van der Waals surface area contributed by atoms with Gasteiger partial charge < -0.3 is 10.1 Å². The van der Waals surface area contributed by atoms with Crippen LogP contribution < -0.4 is 5.56 Å². The molecule has 0 spiro atoms. The molecule has 1 heterocycles. The first-order chi connectivity index (χ1) is 8.41. The van der Waals surface area contributed by atoms with E-state index >= 15 is 0 Å². The molecule has 0 bridgehead atoms. The van der Waals surface area contributed by atoms with Gasteiger partial charge >= 0.3 is 0 Å². The number of hydrogen-bond acceptors (Lipinski definition) is 5. The number of fused-ring (bicyclic) bond motifs is 1. The minimum atomic E-state index is -0.770. The lowest BCUT2D eigenvalue weighted by Crippen LogP contribution is -2.16. The summed E-state index contributed by atoms with van der Waals surface area (Å²) in [5.41, 5.74) is -1.23. The number of pyridine rings is 1. The maximum atomic E-state index is 11.6. The smallest absolute Gasteiger partial charge is 0.271 e. The molecule has 1 aromatic heterocycles. The van der Waals surface area contributed by atoms with E-state index in [1.54, 1.807) is 0 Å². The van der Waals surface area contributed by atoms with Crippen molar-refractivity contribution in [3.05, 3.63) is 44.2 Å². The van der Waals surface area contributed by atoms with Gasteiger partial charge in [0.2, 0.25) is 0 Å². The van der Waals surface area contributed by atoms with Gasteiger partial charge in [-0.05, 0) is 13.0 Å². The Labute approximate surface area is 99.8 Å². The van der Waals surface area contributed by atoms with Crippen LogP contribution >= 0.6 is 0 Å². The molecule has 0 saturated heterocycles. The van der Waals surface area contributed by atoms with Crippen LogP contribution in [0.15, 0.2) is 23.0 Å². The van der Waals surface area contributed by atoms with E-state index in [2.05, 4.69) is 4.98 Å². The maximum absolute atomic E-state index is 11.6. The number of carbonyl (C=O) groups excluding carboxylic acids is 1. The predicted octanol–water partition coefficient (Wildman–Crippen LogP) is 1.34. The minimum Gasteiger partial charge on any atom is -0.506 e. The normalized spacial score (nSPS) is 10.5.